The van der Waals surface area contributed by atoms with Crippen LogP contribution in [0.4, 0.5) is 0 Å². The fraction of sp³-hybridized carbons (Fsp3) is 0.667. The zero-order valence-corrected chi connectivity index (χ0v) is 14.8. The van der Waals surface area contributed by atoms with E-state index >= 15 is 0 Å². The molecule has 3 aliphatic carbocycles. The monoisotopic (exact) mass is 326 g/mol. The van der Waals surface area contributed by atoms with Gasteiger partial charge in [0.2, 0.25) is 5.91 Å². The molecule has 130 valence electrons. The zero-order chi connectivity index (χ0) is 16.7. The van der Waals surface area contributed by atoms with Gasteiger partial charge >= 0.3 is 0 Å². The first-order valence-corrected chi connectivity index (χ1v) is 9.73. The van der Waals surface area contributed by atoms with Gasteiger partial charge in [0.25, 0.3) is 0 Å². The Morgan fingerprint density at radius 1 is 1.17 bits per heavy atom. The maximum Gasteiger partial charge on any atom is 0.230 e. The summed E-state index contributed by atoms with van der Waals surface area (Å²) in [5.41, 5.74) is 8.46. The minimum Gasteiger partial charge on any atom is -0.352 e. The first-order valence-electron chi connectivity index (χ1n) is 9.73. The van der Waals surface area contributed by atoms with E-state index in [1.807, 2.05) is 0 Å². The van der Waals surface area contributed by atoms with E-state index in [4.69, 9.17) is 5.73 Å². The second-order valence-corrected chi connectivity index (χ2v) is 8.52. The predicted molar refractivity (Wildman–Crippen MR) is 96.7 cm³/mol. The molecule has 1 amide bonds. The molecule has 0 spiro atoms. The molecule has 2 bridgehead atoms. The summed E-state index contributed by atoms with van der Waals surface area (Å²) in [4.78, 5) is 13.3. The lowest BCUT2D eigenvalue weighted by atomic mass is 9.66. The number of carbonyl (C=O) groups excluding carboxylic acids is 1. The molecule has 3 N–H and O–H groups in total. The molecule has 0 aromatic heterocycles. The number of hydrogen-bond acceptors (Lipinski definition) is 2. The van der Waals surface area contributed by atoms with E-state index in [-0.39, 0.29) is 11.3 Å². The maximum atomic E-state index is 13.3. The average Bonchev–Trinajstić information content (AvgIpc) is 2.56. The summed E-state index contributed by atoms with van der Waals surface area (Å²) in [6.45, 7) is 2.14. The molecule has 3 heteroatoms. The summed E-state index contributed by atoms with van der Waals surface area (Å²) >= 11 is 0. The van der Waals surface area contributed by atoms with Crippen molar-refractivity contribution in [2.45, 2.75) is 75.8 Å². The number of rotatable bonds is 2. The fourth-order valence-corrected chi connectivity index (χ4v) is 5.61. The van der Waals surface area contributed by atoms with Gasteiger partial charge < -0.3 is 11.1 Å². The molecule has 3 nitrogen and oxygen atoms in total. The Hall–Kier alpha value is -1.35. The van der Waals surface area contributed by atoms with Crippen molar-refractivity contribution in [3.63, 3.8) is 0 Å². The largest absolute Gasteiger partial charge is 0.352 e. The topological polar surface area (TPSA) is 55.1 Å². The molecule has 0 saturated heterocycles. The van der Waals surface area contributed by atoms with Crippen molar-refractivity contribution in [2.24, 2.45) is 17.6 Å². The van der Waals surface area contributed by atoms with E-state index < -0.39 is 0 Å². The highest BCUT2D eigenvalue weighted by molar-refractivity contribution is 5.88. The third-order valence-corrected chi connectivity index (χ3v) is 6.91. The second kappa shape index (κ2) is 6.18. The second-order valence-electron chi connectivity index (χ2n) is 8.52. The zero-order valence-electron chi connectivity index (χ0n) is 14.8. The van der Waals surface area contributed by atoms with Crippen LogP contribution in [0.25, 0.3) is 0 Å². The molecule has 0 radical (unpaired) electrons. The number of amides is 1. The van der Waals surface area contributed by atoms with Crippen LogP contribution < -0.4 is 11.1 Å². The number of nitrogens with two attached hydrogens (primary N) is 1. The van der Waals surface area contributed by atoms with Gasteiger partial charge in [0.05, 0.1) is 5.41 Å². The molecule has 1 aromatic rings. The van der Waals surface area contributed by atoms with Crippen molar-refractivity contribution in [2.75, 3.05) is 0 Å². The summed E-state index contributed by atoms with van der Waals surface area (Å²) in [5.74, 6) is 1.41. The number of benzene rings is 1. The smallest absolute Gasteiger partial charge is 0.230 e. The van der Waals surface area contributed by atoms with Crippen molar-refractivity contribution in [1.82, 2.24) is 5.32 Å². The van der Waals surface area contributed by atoms with E-state index in [2.05, 4.69) is 36.5 Å². The molecule has 0 heterocycles. The number of fused-ring (bicyclic) bond motifs is 3. The number of nitrogens with one attached hydrogen (secondary N) is 1. The van der Waals surface area contributed by atoms with Crippen LogP contribution in [-0.4, -0.2) is 18.0 Å². The highest BCUT2D eigenvalue weighted by Crippen LogP contribution is 2.42. The number of carbonyl (C=O) groups is 1. The van der Waals surface area contributed by atoms with E-state index in [0.717, 1.165) is 32.1 Å². The molecule has 4 rings (SSSR count). The average molecular weight is 326 g/mol. The van der Waals surface area contributed by atoms with Gasteiger partial charge in [0.1, 0.15) is 0 Å². The van der Waals surface area contributed by atoms with E-state index in [1.54, 1.807) is 0 Å². The van der Waals surface area contributed by atoms with Crippen LogP contribution in [0, 0.1) is 11.8 Å². The van der Waals surface area contributed by atoms with E-state index in [0.29, 0.717) is 23.9 Å². The van der Waals surface area contributed by atoms with Gasteiger partial charge in [0, 0.05) is 12.1 Å². The number of hydrogen-bond donors (Lipinski definition) is 2. The van der Waals surface area contributed by atoms with Gasteiger partial charge in [-0.2, -0.15) is 0 Å². The number of aryl methyl sites for hydroxylation is 1. The highest BCUT2D eigenvalue weighted by Gasteiger charge is 2.44. The van der Waals surface area contributed by atoms with Gasteiger partial charge in [-0.3, -0.25) is 4.79 Å². The lowest BCUT2D eigenvalue weighted by molar-refractivity contribution is -0.129. The molecule has 0 aliphatic heterocycles. The SMILES string of the molecule is CC1(C(=O)NC2C3CCCC2CC(N)C3)CCCc2ccccc21. The van der Waals surface area contributed by atoms with Gasteiger partial charge in [-0.15, -0.1) is 0 Å². The van der Waals surface area contributed by atoms with Crippen LogP contribution in [0.1, 0.15) is 63.0 Å². The summed E-state index contributed by atoms with van der Waals surface area (Å²) < 4.78 is 0. The Bertz CT molecular complexity index is 614. The van der Waals surface area contributed by atoms with Crippen LogP contribution in [0.5, 0.6) is 0 Å². The Labute approximate surface area is 145 Å². The molecule has 1 aromatic carbocycles. The Kier molecular flexibility index (Phi) is 4.16. The van der Waals surface area contributed by atoms with Crippen LogP contribution in [0.15, 0.2) is 24.3 Å². The Morgan fingerprint density at radius 3 is 2.62 bits per heavy atom. The van der Waals surface area contributed by atoms with Crippen molar-refractivity contribution in [1.29, 1.82) is 0 Å². The predicted octanol–water partition coefficient (Wildman–Crippen LogP) is 3.30. The summed E-state index contributed by atoms with van der Waals surface area (Å²) in [6.07, 6.45) is 9.06. The minimum atomic E-state index is -0.372. The molecule has 3 aliphatic rings. The first-order chi connectivity index (χ1) is 11.6. The summed E-state index contributed by atoms with van der Waals surface area (Å²) in [6, 6.07) is 9.19. The van der Waals surface area contributed by atoms with Crippen molar-refractivity contribution >= 4 is 5.91 Å². The molecule has 24 heavy (non-hydrogen) atoms. The van der Waals surface area contributed by atoms with Crippen molar-refractivity contribution in [3.8, 4) is 0 Å². The Morgan fingerprint density at radius 2 is 1.88 bits per heavy atom. The normalized spacial score (nSPS) is 38.2. The third-order valence-electron chi connectivity index (χ3n) is 6.91. The summed E-state index contributed by atoms with van der Waals surface area (Å²) in [5, 5.41) is 3.50. The van der Waals surface area contributed by atoms with Gasteiger partial charge in [0.15, 0.2) is 0 Å². The van der Waals surface area contributed by atoms with Gasteiger partial charge in [-0.1, -0.05) is 30.7 Å². The van der Waals surface area contributed by atoms with Crippen LogP contribution in [0.3, 0.4) is 0 Å². The van der Waals surface area contributed by atoms with Crippen LogP contribution in [-0.2, 0) is 16.6 Å². The fourth-order valence-electron chi connectivity index (χ4n) is 5.61. The van der Waals surface area contributed by atoms with E-state index in [1.165, 1.54) is 30.4 Å². The molecule has 3 atom stereocenters. The van der Waals surface area contributed by atoms with Gasteiger partial charge in [-0.25, -0.2) is 0 Å². The van der Waals surface area contributed by atoms with Crippen LogP contribution >= 0.6 is 0 Å². The highest BCUT2D eigenvalue weighted by atomic mass is 16.2. The summed E-state index contributed by atoms with van der Waals surface area (Å²) in [7, 11) is 0. The maximum absolute atomic E-state index is 13.3. The van der Waals surface area contributed by atoms with Crippen LogP contribution in [0.2, 0.25) is 0 Å². The molecular formula is C21H30N2O. The first kappa shape index (κ1) is 16.1. The minimum absolute atomic E-state index is 0.243. The third kappa shape index (κ3) is 2.67. The van der Waals surface area contributed by atoms with Crippen molar-refractivity contribution < 1.29 is 4.79 Å². The lowest BCUT2D eigenvalue weighted by Gasteiger charge is -2.46. The van der Waals surface area contributed by atoms with Gasteiger partial charge in [-0.05, 0) is 74.8 Å². The quantitative estimate of drug-likeness (QED) is 0.876. The Balaban J connectivity index is 1.56. The molecule has 2 saturated carbocycles. The van der Waals surface area contributed by atoms with Crippen molar-refractivity contribution in [3.05, 3.63) is 35.4 Å². The standard InChI is InChI=1S/C21H30N2O/c1-21(11-5-9-14-6-2-3-10-18(14)21)20(24)23-19-15-7-4-8-16(19)13-17(22)12-15/h2-3,6,10,15-17,19H,4-5,7-9,11-13,22H2,1H3,(H,23,24). The molecular weight excluding hydrogens is 296 g/mol. The van der Waals surface area contributed by atoms with E-state index in [9.17, 15) is 4.79 Å². The molecule has 3 unspecified atom stereocenters. The lowest BCUT2D eigenvalue weighted by Crippen LogP contribution is -2.57. The molecule has 2 fully saturated rings.